The van der Waals surface area contributed by atoms with E-state index in [2.05, 4.69) is 31.2 Å². The second-order valence-electron chi connectivity index (χ2n) is 3.52. The van der Waals surface area contributed by atoms with Crippen molar-refractivity contribution in [3.8, 4) is 0 Å². The zero-order chi connectivity index (χ0) is 14.0. The first-order valence-electron chi connectivity index (χ1n) is 5.01. The van der Waals surface area contributed by atoms with Crippen LogP contribution in [0.15, 0.2) is 29.0 Å². The summed E-state index contributed by atoms with van der Waals surface area (Å²) in [6.07, 6.45) is 1.21. The Hall–Kier alpha value is -1.37. The van der Waals surface area contributed by atoms with E-state index in [4.69, 9.17) is 28.9 Å². The Kier molecular flexibility index (Phi) is 4.24. The van der Waals surface area contributed by atoms with Crippen LogP contribution in [0.3, 0.4) is 0 Å². The number of amides is 1. The summed E-state index contributed by atoms with van der Waals surface area (Å²) < 4.78 is 0.600. The van der Waals surface area contributed by atoms with E-state index >= 15 is 0 Å². The second-order valence-corrected chi connectivity index (χ2v) is 5.09. The quantitative estimate of drug-likeness (QED) is 0.634. The van der Waals surface area contributed by atoms with Crippen LogP contribution in [0.2, 0.25) is 10.3 Å². The molecule has 1 aromatic carbocycles. The van der Waals surface area contributed by atoms with E-state index in [0.717, 1.165) is 0 Å². The topological polar surface area (TPSA) is 80.9 Å². The van der Waals surface area contributed by atoms with Crippen molar-refractivity contribution in [2.24, 2.45) is 0 Å². The lowest BCUT2D eigenvalue weighted by atomic mass is 10.2. The van der Waals surface area contributed by atoms with Gasteiger partial charge < -0.3 is 11.1 Å². The summed E-state index contributed by atoms with van der Waals surface area (Å²) in [5.41, 5.74) is 6.62. The Labute approximate surface area is 127 Å². The lowest BCUT2D eigenvalue weighted by molar-refractivity contribution is 0.102. The first-order chi connectivity index (χ1) is 8.99. The van der Waals surface area contributed by atoms with Crippen LogP contribution in [0.25, 0.3) is 0 Å². The predicted molar refractivity (Wildman–Crippen MR) is 78.6 cm³/mol. The molecule has 8 heteroatoms. The molecule has 0 saturated heterocycles. The van der Waals surface area contributed by atoms with Crippen molar-refractivity contribution in [2.45, 2.75) is 0 Å². The third-order valence-electron chi connectivity index (χ3n) is 2.23. The molecule has 98 valence electrons. The maximum absolute atomic E-state index is 12.1. The number of benzene rings is 1. The van der Waals surface area contributed by atoms with Crippen molar-refractivity contribution >= 4 is 56.4 Å². The minimum atomic E-state index is -0.419. The van der Waals surface area contributed by atoms with Gasteiger partial charge >= 0.3 is 0 Å². The van der Waals surface area contributed by atoms with Crippen molar-refractivity contribution in [3.63, 3.8) is 0 Å². The number of carbonyl (C=O) groups is 1. The summed E-state index contributed by atoms with van der Waals surface area (Å²) in [6.45, 7) is 0. The van der Waals surface area contributed by atoms with Gasteiger partial charge in [-0.2, -0.15) is 0 Å². The summed E-state index contributed by atoms with van der Waals surface area (Å²) in [7, 11) is 0. The van der Waals surface area contributed by atoms with Crippen LogP contribution in [-0.4, -0.2) is 15.9 Å². The highest BCUT2D eigenvalue weighted by molar-refractivity contribution is 9.10. The Morgan fingerprint density at radius 3 is 2.53 bits per heavy atom. The second kappa shape index (κ2) is 5.73. The third-order valence-corrected chi connectivity index (χ3v) is 3.49. The number of nitrogens with zero attached hydrogens (tertiary/aromatic N) is 2. The number of nitrogens with one attached hydrogen (secondary N) is 1. The number of nitrogens with two attached hydrogens (primary N) is 1. The number of aromatic nitrogens is 2. The van der Waals surface area contributed by atoms with Gasteiger partial charge in [-0.15, -0.1) is 0 Å². The lowest BCUT2D eigenvalue weighted by Gasteiger charge is -2.09. The van der Waals surface area contributed by atoms with Crippen LogP contribution in [0.4, 0.5) is 11.4 Å². The van der Waals surface area contributed by atoms with Gasteiger partial charge in [-0.3, -0.25) is 4.79 Å². The normalized spacial score (nSPS) is 10.3. The minimum absolute atomic E-state index is 0.0633. The SMILES string of the molecule is Nc1ccc(Br)c(C(=O)Nc2c(Cl)ncnc2Cl)c1. The minimum Gasteiger partial charge on any atom is -0.399 e. The third kappa shape index (κ3) is 3.15. The molecule has 0 aliphatic carbocycles. The molecule has 5 nitrogen and oxygen atoms in total. The maximum Gasteiger partial charge on any atom is 0.257 e. The molecular formula is C11H7BrCl2N4O. The highest BCUT2D eigenvalue weighted by atomic mass is 79.9. The molecule has 2 rings (SSSR count). The molecule has 0 aliphatic heterocycles. The maximum atomic E-state index is 12.1. The molecule has 19 heavy (non-hydrogen) atoms. The summed E-state index contributed by atoms with van der Waals surface area (Å²) in [5, 5.41) is 2.68. The van der Waals surface area contributed by atoms with E-state index in [0.29, 0.717) is 15.7 Å². The number of anilines is 2. The molecule has 0 aliphatic rings. The fourth-order valence-corrected chi connectivity index (χ4v) is 2.18. The Morgan fingerprint density at radius 1 is 1.26 bits per heavy atom. The van der Waals surface area contributed by atoms with Crippen LogP contribution in [0.1, 0.15) is 10.4 Å². The van der Waals surface area contributed by atoms with Crippen LogP contribution in [0.5, 0.6) is 0 Å². The fourth-order valence-electron chi connectivity index (χ4n) is 1.35. The monoisotopic (exact) mass is 360 g/mol. The van der Waals surface area contributed by atoms with Gasteiger partial charge in [-0.1, -0.05) is 23.2 Å². The molecule has 3 N–H and O–H groups in total. The average molecular weight is 362 g/mol. The number of carbonyl (C=O) groups excluding carboxylic acids is 1. The Bertz CT molecular complexity index is 630. The molecule has 0 bridgehead atoms. The molecule has 0 spiro atoms. The zero-order valence-electron chi connectivity index (χ0n) is 9.32. The van der Waals surface area contributed by atoms with Gasteiger partial charge in [0.25, 0.3) is 5.91 Å². The van der Waals surface area contributed by atoms with Crippen molar-refractivity contribution in [2.75, 3.05) is 11.1 Å². The highest BCUT2D eigenvalue weighted by Gasteiger charge is 2.15. The van der Waals surface area contributed by atoms with Crippen molar-refractivity contribution < 1.29 is 4.79 Å². The van der Waals surface area contributed by atoms with Gasteiger partial charge in [-0.25, -0.2) is 9.97 Å². The summed E-state index contributed by atoms with van der Waals surface area (Å²) in [6, 6.07) is 4.88. The van der Waals surface area contributed by atoms with Gasteiger partial charge in [0.1, 0.15) is 12.0 Å². The number of hydrogen-bond acceptors (Lipinski definition) is 4. The molecule has 0 radical (unpaired) electrons. The molecule has 1 aromatic heterocycles. The van der Waals surface area contributed by atoms with E-state index in [9.17, 15) is 4.79 Å². The highest BCUT2D eigenvalue weighted by Crippen LogP contribution is 2.27. The Morgan fingerprint density at radius 2 is 1.89 bits per heavy atom. The van der Waals surface area contributed by atoms with Crippen molar-refractivity contribution in [1.82, 2.24) is 9.97 Å². The molecule has 0 unspecified atom stereocenters. The van der Waals surface area contributed by atoms with Gasteiger partial charge in [-0.05, 0) is 34.1 Å². The lowest BCUT2D eigenvalue weighted by Crippen LogP contribution is -2.14. The Balaban J connectivity index is 2.34. The first kappa shape index (κ1) is 14.0. The standard InChI is InChI=1S/C11H7BrCl2N4O/c12-7-2-1-5(15)3-6(7)11(19)18-8-9(13)16-4-17-10(8)14/h1-4H,15H2,(H,18,19). The smallest absolute Gasteiger partial charge is 0.257 e. The van der Waals surface area contributed by atoms with Gasteiger partial charge in [0, 0.05) is 10.2 Å². The van der Waals surface area contributed by atoms with E-state index in [-0.39, 0.29) is 16.0 Å². The number of rotatable bonds is 2. The molecular weight excluding hydrogens is 355 g/mol. The number of hydrogen-bond donors (Lipinski definition) is 2. The summed E-state index contributed by atoms with van der Waals surface area (Å²) >= 11 is 15.0. The summed E-state index contributed by atoms with van der Waals surface area (Å²) in [5.74, 6) is -0.419. The molecule has 0 atom stereocenters. The molecule has 2 aromatic rings. The molecule has 0 fully saturated rings. The molecule has 1 amide bonds. The first-order valence-corrected chi connectivity index (χ1v) is 6.56. The fraction of sp³-hybridized carbons (Fsp3) is 0. The number of halogens is 3. The number of nitrogen functional groups attached to an aromatic ring is 1. The zero-order valence-corrected chi connectivity index (χ0v) is 12.4. The van der Waals surface area contributed by atoms with E-state index in [1.165, 1.54) is 12.4 Å². The van der Waals surface area contributed by atoms with Gasteiger partial charge in [0.2, 0.25) is 0 Å². The van der Waals surface area contributed by atoms with Crippen LogP contribution in [0, 0.1) is 0 Å². The van der Waals surface area contributed by atoms with Crippen LogP contribution < -0.4 is 11.1 Å². The molecule has 0 saturated carbocycles. The summed E-state index contributed by atoms with van der Waals surface area (Å²) in [4.78, 5) is 19.6. The predicted octanol–water partition coefficient (Wildman–Crippen LogP) is 3.38. The van der Waals surface area contributed by atoms with E-state index in [1.807, 2.05) is 0 Å². The van der Waals surface area contributed by atoms with Gasteiger partial charge in [0.05, 0.1) is 5.56 Å². The van der Waals surface area contributed by atoms with E-state index < -0.39 is 5.91 Å². The largest absolute Gasteiger partial charge is 0.399 e. The van der Waals surface area contributed by atoms with Crippen molar-refractivity contribution in [1.29, 1.82) is 0 Å². The van der Waals surface area contributed by atoms with Gasteiger partial charge in [0.15, 0.2) is 10.3 Å². The van der Waals surface area contributed by atoms with E-state index in [1.54, 1.807) is 12.1 Å². The van der Waals surface area contributed by atoms with Crippen LogP contribution in [-0.2, 0) is 0 Å². The molecule has 1 heterocycles. The van der Waals surface area contributed by atoms with Crippen LogP contribution >= 0.6 is 39.1 Å². The van der Waals surface area contributed by atoms with Crippen molar-refractivity contribution in [3.05, 3.63) is 44.9 Å². The average Bonchev–Trinajstić information content (AvgIpc) is 2.37.